The summed E-state index contributed by atoms with van der Waals surface area (Å²) in [6.07, 6.45) is 6.81. The van der Waals surface area contributed by atoms with Crippen LogP contribution >= 0.6 is 0 Å². The minimum absolute atomic E-state index is 0.801. The van der Waals surface area contributed by atoms with Gasteiger partial charge in [0.25, 0.3) is 0 Å². The average molecular weight is 343 g/mol. The summed E-state index contributed by atoms with van der Waals surface area (Å²) in [7, 11) is 0. The van der Waals surface area contributed by atoms with Gasteiger partial charge >= 0.3 is 0 Å². The molecule has 3 unspecified atom stereocenters. The topological polar surface area (TPSA) is 0 Å². The molecule has 0 radical (unpaired) electrons. The van der Waals surface area contributed by atoms with E-state index in [1.54, 1.807) is 11.1 Å². The molecule has 1 saturated carbocycles. The summed E-state index contributed by atoms with van der Waals surface area (Å²) < 4.78 is 0. The van der Waals surface area contributed by atoms with Crippen molar-refractivity contribution in [2.24, 2.45) is 11.8 Å². The molecule has 1 fully saturated rings. The molecule has 4 rings (SSSR count). The van der Waals surface area contributed by atoms with E-state index in [0.717, 1.165) is 23.3 Å². The van der Waals surface area contributed by atoms with Crippen LogP contribution in [0.5, 0.6) is 0 Å². The lowest BCUT2D eigenvalue weighted by Crippen LogP contribution is -2.27. The number of hydrogen-bond acceptors (Lipinski definition) is 0. The van der Waals surface area contributed by atoms with Gasteiger partial charge in [-0.15, -0.1) is 0 Å². The van der Waals surface area contributed by atoms with Gasteiger partial charge < -0.3 is 0 Å². The second-order valence-corrected chi connectivity index (χ2v) is 8.74. The zero-order valence-corrected chi connectivity index (χ0v) is 16.7. The maximum absolute atomic E-state index is 3.46. The molecule has 2 aliphatic carbocycles. The molecular formula is C26H30. The smallest absolute Gasteiger partial charge is 0.0281 e. The van der Waals surface area contributed by atoms with Gasteiger partial charge in [-0.05, 0) is 110 Å². The average Bonchev–Trinajstić information content (AvgIpc) is 2.62. The zero-order chi connectivity index (χ0) is 18.3. The van der Waals surface area contributed by atoms with Gasteiger partial charge in [0.2, 0.25) is 0 Å². The van der Waals surface area contributed by atoms with Crippen molar-refractivity contribution in [1.82, 2.24) is 0 Å². The third kappa shape index (κ3) is 3.33. The Hall–Kier alpha value is -2.00. The highest BCUT2D eigenvalue weighted by Crippen LogP contribution is 2.47. The van der Waals surface area contributed by atoms with Crippen LogP contribution < -0.4 is 0 Å². The molecule has 2 aliphatic rings. The Balaban J connectivity index is 1.64. The van der Waals surface area contributed by atoms with Crippen molar-refractivity contribution in [1.29, 1.82) is 0 Å². The molecule has 0 nitrogen and oxygen atoms in total. The van der Waals surface area contributed by atoms with Crippen LogP contribution in [0.1, 0.15) is 77.5 Å². The summed E-state index contributed by atoms with van der Waals surface area (Å²) in [5, 5.41) is 0. The van der Waals surface area contributed by atoms with E-state index in [0.29, 0.717) is 0 Å². The van der Waals surface area contributed by atoms with Gasteiger partial charge in [0.1, 0.15) is 0 Å². The monoisotopic (exact) mass is 342 g/mol. The molecule has 2 aromatic rings. The predicted octanol–water partition coefficient (Wildman–Crippen LogP) is 6.48. The maximum atomic E-state index is 3.46. The standard InChI is InChI=1S/C26H30/c1-17-5-12-25-23(13-17)10-11-24-16-22(20(4)15-26(24)25)9-8-21-7-6-18(2)19(3)14-21/h6-7,14-17,23,25H,5,10-13H2,1-4H3. The first-order valence-corrected chi connectivity index (χ1v) is 10.2. The SMILES string of the molecule is Cc1ccc(C#Cc2cc3c(cc2C)C2CCC(C)CC2CC3)cc1C. The lowest BCUT2D eigenvalue weighted by molar-refractivity contribution is 0.221. The number of fused-ring (bicyclic) bond motifs is 3. The summed E-state index contributed by atoms with van der Waals surface area (Å²) >= 11 is 0. The second-order valence-electron chi connectivity index (χ2n) is 8.74. The lowest BCUT2D eigenvalue weighted by atomic mass is 9.65. The minimum atomic E-state index is 0.801. The molecule has 0 saturated heterocycles. The number of hydrogen-bond donors (Lipinski definition) is 0. The fourth-order valence-corrected chi connectivity index (χ4v) is 5.00. The summed E-state index contributed by atoms with van der Waals surface area (Å²) in [5.74, 6) is 9.48. The zero-order valence-electron chi connectivity index (χ0n) is 16.7. The van der Waals surface area contributed by atoms with Crippen molar-refractivity contribution < 1.29 is 0 Å². The Morgan fingerprint density at radius 1 is 0.846 bits per heavy atom. The van der Waals surface area contributed by atoms with Gasteiger partial charge in [0.15, 0.2) is 0 Å². The van der Waals surface area contributed by atoms with Crippen LogP contribution in [0, 0.1) is 44.4 Å². The van der Waals surface area contributed by atoms with Crippen LogP contribution in [0.25, 0.3) is 0 Å². The molecule has 2 aromatic carbocycles. The van der Waals surface area contributed by atoms with Crippen molar-refractivity contribution >= 4 is 0 Å². The van der Waals surface area contributed by atoms with Crippen molar-refractivity contribution in [3.63, 3.8) is 0 Å². The summed E-state index contributed by atoms with van der Waals surface area (Å²) in [4.78, 5) is 0. The molecule has 0 amide bonds. The first-order valence-electron chi connectivity index (χ1n) is 10.2. The molecule has 134 valence electrons. The summed E-state index contributed by atoms with van der Waals surface area (Å²) in [6, 6.07) is 11.4. The third-order valence-corrected chi connectivity index (χ3v) is 6.76. The van der Waals surface area contributed by atoms with Gasteiger partial charge in [-0.25, -0.2) is 0 Å². The van der Waals surface area contributed by atoms with Gasteiger partial charge in [-0.2, -0.15) is 0 Å². The normalized spacial score (nSPS) is 24.2. The Morgan fingerprint density at radius 2 is 1.69 bits per heavy atom. The van der Waals surface area contributed by atoms with Crippen molar-refractivity contribution in [2.45, 2.75) is 65.7 Å². The van der Waals surface area contributed by atoms with Crippen LogP contribution in [0.4, 0.5) is 0 Å². The van der Waals surface area contributed by atoms with Crippen LogP contribution in [0.3, 0.4) is 0 Å². The molecule has 0 aliphatic heterocycles. The van der Waals surface area contributed by atoms with E-state index in [2.05, 4.69) is 69.9 Å². The van der Waals surface area contributed by atoms with Crippen LogP contribution in [0.15, 0.2) is 30.3 Å². The largest absolute Gasteiger partial charge is 0.0625 e. The van der Waals surface area contributed by atoms with Crippen LogP contribution in [-0.4, -0.2) is 0 Å². The molecule has 0 N–H and O–H groups in total. The Bertz CT molecular complexity index is 890. The molecular weight excluding hydrogens is 312 g/mol. The molecule has 0 bridgehead atoms. The first kappa shape index (κ1) is 17.4. The van der Waals surface area contributed by atoms with E-state index in [1.165, 1.54) is 54.4 Å². The minimum Gasteiger partial charge on any atom is -0.0625 e. The lowest BCUT2D eigenvalue weighted by Gasteiger charge is -2.40. The highest BCUT2D eigenvalue weighted by Gasteiger charge is 2.34. The fraction of sp³-hybridized carbons (Fsp3) is 0.462. The van der Waals surface area contributed by atoms with Crippen LogP contribution in [0.2, 0.25) is 0 Å². The Morgan fingerprint density at radius 3 is 2.50 bits per heavy atom. The van der Waals surface area contributed by atoms with Gasteiger partial charge in [-0.1, -0.05) is 37.3 Å². The summed E-state index contributed by atoms with van der Waals surface area (Å²) in [5.41, 5.74) is 9.53. The highest BCUT2D eigenvalue weighted by molar-refractivity contribution is 5.52. The maximum Gasteiger partial charge on any atom is 0.0281 e. The van der Waals surface area contributed by atoms with E-state index in [-0.39, 0.29) is 0 Å². The fourth-order valence-electron chi connectivity index (χ4n) is 5.00. The van der Waals surface area contributed by atoms with Gasteiger partial charge in [0.05, 0.1) is 0 Å². The van der Waals surface area contributed by atoms with E-state index >= 15 is 0 Å². The van der Waals surface area contributed by atoms with Crippen molar-refractivity contribution in [2.75, 3.05) is 0 Å². The predicted molar refractivity (Wildman–Crippen MR) is 111 cm³/mol. The molecule has 26 heavy (non-hydrogen) atoms. The van der Waals surface area contributed by atoms with Crippen LogP contribution in [-0.2, 0) is 6.42 Å². The van der Waals surface area contributed by atoms with E-state index < -0.39 is 0 Å². The Labute approximate surface area is 159 Å². The summed E-state index contributed by atoms with van der Waals surface area (Å²) in [6.45, 7) is 8.98. The van der Waals surface area contributed by atoms with Gasteiger partial charge in [-0.3, -0.25) is 0 Å². The first-order chi connectivity index (χ1) is 12.5. The van der Waals surface area contributed by atoms with Crippen molar-refractivity contribution in [3.05, 3.63) is 69.3 Å². The number of benzene rings is 2. The second kappa shape index (κ2) is 6.96. The molecule has 0 heteroatoms. The molecule has 0 heterocycles. The highest BCUT2D eigenvalue weighted by atomic mass is 14.4. The molecule has 0 spiro atoms. The van der Waals surface area contributed by atoms with E-state index in [4.69, 9.17) is 0 Å². The van der Waals surface area contributed by atoms with Crippen molar-refractivity contribution in [3.8, 4) is 11.8 Å². The molecule has 3 atom stereocenters. The molecule has 0 aromatic heterocycles. The number of aryl methyl sites for hydroxylation is 4. The number of rotatable bonds is 0. The third-order valence-electron chi connectivity index (χ3n) is 6.76. The Kier molecular flexibility index (Phi) is 4.66. The van der Waals surface area contributed by atoms with E-state index in [9.17, 15) is 0 Å². The quantitative estimate of drug-likeness (QED) is 0.481. The van der Waals surface area contributed by atoms with E-state index in [1.807, 2.05) is 0 Å². The van der Waals surface area contributed by atoms with Gasteiger partial charge in [0, 0.05) is 11.1 Å².